The third kappa shape index (κ3) is 5.22. The molecule has 3 rings (SSSR count). The number of hydrogen-bond donors (Lipinski definition) is 2. The number of esters is 1. The number of halogens is 1. The van der Waals surface area contributed by atoms with Crippen molar-refractivity contribution < 1.29 is 14.3 Å². The summed E-state index contributed by atoms with van der Waals surface area (Å²) in [5, 5.41) is 5.52. The molecule has 0 radical (unpaired) electrons. The van der Waals surface area contributed by atoms with Gasteiger partial charge in [0.2, 0.25) is 0 Å². The van der Waals surface area contributed by atoms with Crippen molar-refractivity contribution in [2.75, 3.05) is 39.3 Å². The van der Waals surface area contributed by atoms with E-state index in [4.69, 9.17) is 16.3 Å². The van der Waals surface area contributed by atoms with Gasteiger partial charge >= 0.3 is 12.0 Å². The van der Waals surface area contributed by atoms with Gasteiger partial charge < -0.3 is 15.4 Å². The van der Waals surface area contributed by atoms with Crippen molar-refractivity contribution in [1.29, 1.82) is 0 Å². The number of carbonyl (C=O) groups is 2. The fraction of sp³-hybridized carbons (Fsp3) is 0.556. The van der Waals surface area contributed by atoms with Crippen LogP contribution in [0.15, 0.2) is 23.4 Å². The molecule has 2 aliphatic heterocycles. The summed E-state index contributed by atoms with van der Waals surface area (Å²) in [5.41, 5.74) is 1.15. The lowest BCUT2D eigenvalue weighted by Crippen LogP contribution is -2.53. The highest BCUT2D eigenvalue weighted by Gasteiger charge is 2.31. The molecular formula is C18H25ClN4O3S. The second-order valence-electron chi connectivity index (χ2n) is 6.69. The average Bonchev–Trinajstić information content (AvgIpc) is 3.01. The molecule has 1 fully saturated rings. The van der Waals surface area contributed by atoms with Crippen molar-refractivity contribution in [3.8, 4) is 0 Å². The second-order valence-corrected chi connectivity index (χ2v) is 8.49. The second kappa shape index (κ2) is 9.05. The number of amides is 2. The molecule has 1 atom stereocenters. The maximum Gasteiger partial charge on any atom is 0.337 e. The van der Waals surface area contributed by atoms with Crippen LogP contribution in [0.5, 0.6) is 0 Å². The van der Waals surface area contributed by atoms with Crippen LogP contribution < -0.4 is 10.6 Å². The van der Waals surface area contributed by atoms with E-state index >= 15 is 0 Å². The molecule has 7 nitrogen and oxygen atoms in total. The van der Waals surface area contributed by atoms with E-state index < -0.39 is 0 Å². The van der Waals surface area contributed by atoms with Gasteiger partial charge in [0.1, 0.15) is 0 Å². The van der Waals surface area contributed by atoms with Crippen molar-refractivity contribution in [1.82, 2.24) is 20.4 Å². The number of thiophene rings is 1. The summed E-state index contributed by atoms with van der Waals surface area (Å²) in [6.45, 7) is 8.92. The standard InChI is InChI=1S/C18H25ClN4O3S/c1-3-26-17(24)16-12(2)20-18(25)21-14(16)11-23-8-6-22(7-9-23)10-13-4-5-15(19)27-13/h4-5,12H,3,6-11H2,1-2H3,(H2,20,21,25). The van der Waals surface area contributed by atoms with Gasteiger partial charge in [-0.25, -0.2) is 9.59 Å². The Morgan fingerprint density at radius 2 is 1.93 bits per heavy atom. The van der Waals surface area contributed by atoms with Crippen molar-refractivity contribution in [2.45, 2.75) is 26.4 Å². The van der Waals surface area contributed by atoms with Crippen molar-refractivity contribution in [2.24, 2.45) is 0 Å². The summed E-state index contributed by atoms with van der Waals surface area (Å²) in [4.78, 5) is 30.1. The van der Waals surface area contributed by atoms with Gasteiger partial charge in [0.25, 0.3) is 0 Å². The molecule has 0 aliphatic carbocycles. The number of carbonyl (C=O) groups excluding carboxylic acids is 2. The quantitative estimate of drug-likeness (QED) is 0.699. The van der Waals surface area contributed by atoms with E-state index in [1.165, 1.54) is 4.88 Å². The topological polar surface area (TPSA) is 73.9 Å². The molecule has 0 spiro atoms. The fourth-order valence-electron chi connectivity index (χ4n) is 3.39. The molecule has 0 saturated carbocycles. The third-order valence-electron chi connectivity index (χ3n) is 4.72. The van der Waals surface area contributed by atoms with Crippen molar-refractivity contribution >= 4 is 34.9 Å². The summed E-state index contributed by atoms with van der Waals surface area (Å²) < 4.78 is 5.98. The van der Waals surface area contributed by atoms with Gasteiger partial charge in [-0.1, -0.05) is 11.6 Å². The van der Waals surface area contributed by atoms with E-state index in [-0.39, 0.29) is 18.0 Å². The van der Waals surface area contributed by atoms with E-state index in [9.17, 15) is 9.59 Å². The fourth-order valence-corrected chi connectivity index (χ4v) is 4.52. The predicted molar refractivity (Wildman–Crippen MR) is 106 cm³/mol. The number of ether oxygens (including phenoxy) is 1. The molecule has 1 saturated heterocycles. The summed E-state index contributed by atoms with van der Waals surface area (Å²) in [6, 6.07) is 3.36. The summed E-state index contributed by atoms with van der Waals surface area (Å²) in [7, 11) is 0. The number of nitrogens with one attached hydrogen (secondary N) is 2. The molecule has 1 aromatic rings. The van der Waals surface area contributed by atoms with Gasteiger partial charge in [-0.05, 0) is 26.0 Å². The smallest absolute Gasteiger partial charge is 0.337 e. The minimum Gasteiger partial charge on any atom is -0.463 e. The lowest BCUT2D eigenvalue weighted by Gasteiger charge is -2.36. The Kier molecular flexibility index (Phi) is 6.75. The highest BCUT2D eigenvalue weighted by atomic mass is 35.5. The zero-order valence-corrected chi connectivity index (χ0v) is 17.2. The number of nitrogens with zero attached hydrogens (tertiary/aromatic N) is 2. The van der Waals surface area contributed by atoms with E-state index in [1.54, 1.807) is 25.2 Å². The number of rotatable bonds is 6. The molecule has 1 unspecified atom stereocenters. The van der Waals surface area contributed by atoms with Crippen LogP contribution in [0.25, 0.3) is 0 Å². The van der Waals surface area contributed by atoms with Gasteiger partial charge in [-0.2, -0.15) is 0 Å². The van der Waals surface area contributed by atoms with Crippen LogP contribution in [-0.4, -0.2) is 67.2 Å². The first-order valence-electron chi connectivity index (χ1n) is 9.13. The van der Waals surface area contributed by atoms with Gasteiger partial charge in [-0.15, -0.1) is 11.3 Å². The lowest BCUT2D eigenvalue weighted by molar-refractivity contribution is -0.139. The monoisotopic (exact) mass is 412 g/mol. The van der Waals surface area contributed by atoms with Crippen LogP contribution in [0.4, 0.5) is 4.79 Å². The Bertz CT molecular complexity index is 728. The van der Waals surface area contributed by atoms with Crippen LogP contribution in [0.1, 0.15) is 18.7 Å². The molecule has 2 N–H and O–H groups in total. The normalized spacial score (nSPS) is 21.7. The molecule has 1 aromatic heterocycles. The Morgan fingerprint density at radius 3 is 2.52 bits per heavy atom. The minimum atomic E-state index is -0.374. The molecular weight excluding hydrogens is 388 g/mol. The van der Waals surface area contributed by atoms with Gasteiger partial charge in [0.15, 0.2) is 0 Å². The molecule has 3 heterocycles. The van der Waals surface area contributed by atoms with Crippen molar-refractivity contribution in [3.63, 3.8) is 0 Å². The first-order chi connectivity index (χ1) is 13.0. The molecule has 148 valence electrons. The van der Waals surface area contributed by atoms with E-state index in [0.29, 0.717) is 24.4 Å². The maximum absolute atomic E-state index is 12.3. The predicted octanol–water partition coefficient (Wildman–Crippen LogP) is 2.04. The first-order valence-corrected chi connectivity index (χ1v) is 10.3. The molecule has 2 amide bonds. The number of urea groups is 1. The molecule has 0 aromatic carbocycles. The lowest BCUT2D eigenvalue weighted by atomic mass is 10.0. The first kappa shape index (κ1) is 20.1. The summed E-state index contributed by atoms with van der Waals surface area (Å²) >= 11 is 7.62. The Hall–Kier alpha value is -1.61. The largest absolute Gasteiger partial charge is 0.463 e. The zero-order valence-electron chi connectivity index (χ0n) is 15.6. The van der Waals surface area contributed by atoms with E-state index in [2.05, 4.69) is 26.5 Å². The van der Waals surface area contributed by atoms with Gasteiger partial charge in [0.05, 0.1) is 22.6 Å². The summed E-state index contributed by atoms with van der Waals surface area (Å²) in [5.74, 6) is -0.374. The zero-order chi connectivity index (χ0) is 19.4. The SMILES string of the molecule is CCOC(=O)C1=C(CN2CCN(Cc3ccc(Cl)s3)CC2)NC(=O)NC1C. The molecule has 27 heavy (non-hydrogen) atoms. The average molecular weight is 413 g/mol. The minimum absolute atomic E-state index is 0.279. The van der Waals surface area contributed by atoms with Crippen LogP contribution in [0, 0.1) is 0 Å². The molecule has 9 heteroatoms. The van der Waals surface area contributed by atoms with Gasteiger partial charge in [-0.3, -0.25) is 9.80 Å². The maximum atomic E-state index is 12.3. The highest BCUT2D eigenvalue weighted by molar-refractivity contribution is 7.16. The van der Waals surface area contributed by atoms with Crippen LogP contribution in [0.3, 0.4) is 0 Å². The van der Waals surface area contributed by atoms with E-state index in [1.807, 2.05) is 6.07 Å². The Morgan fingerprint density at radius 1 is 1.26 bits per heavy atom. The third-order valence-corrected chi connectivity index (χ3v) is 5.94. The summed E-state index contributed by atoms with van der Waals surface area (Å²) in [6.07, 6.45) is 0. The van der Waals surface area contributed by atoms with Gasteiger partial charge in [0, 0.05) is 49.8 Å². The molecule has 2 aliphatic rings. The Labute approximate surface area is 168 Å². The highest BCUT2D eigenvalue weighted by Crippen LogP contribution is 2.23. The Balaban J connectivity index is 1.60. The van der Waals surface area contributed by atoms with Crippen LogP contribution in [-0.2, 0) is 16.1 Å². The van der Waals surface area contributed by atoms with E-state index in [0.717, 1.165) is 37.1 Å². The number of hydrogen-bond acceptors (Lipinski definition) is 6. The molecule has 0 bridgehead atoms. The van der Waals surface area contributed by atoms with Crippen molar-refractivity contribution in [3.05, 3.63) is 32.6 Å². The van der Waals surface area contributed by atoms with Crippen LogP contribution >= 0.6 is 22.9 Å². The number of piperazine rings is 1. The van der Waals surface area contributed by atoms with Crippen LogP contribution in [0.2, 0.25) is 4.34 Å².